The van der Waals surface area contributed by atoms with E-state index in [0.29, 0.717) is 24.1 Å². The van der Waals surface area contributed by atoms with Crippen LogP contribution in [0, 0.1) is 0 Å². The number of hydrogen-bond acceptors (Lipinski definition) is 4. The molecule has 0 spiro atoms. The number of hydrogen-bond donors (Lipinski definition) is 1. The zero-order valence-electron chi connectivity index (χ0n) is 15.4. The van der Waals surface area contributed by atoms with Crippen molar-refractivity contribution in [3.05, 3.63) is 84.0 Å². The maximum atomic E-state index is 11.4. The smallest absolute Gasteiger partial charge is 0.336 e. The summed E-state index contributed by atoms with van der Waals surface area (Å²) in [6.45, 7) is 4.36. The van der Waals surface area contributed by atoms with E-state index in [9.17, 15) is 9.90 Å². The zero-order valence-corrected chi connectivity index (χ0v) is 16.2. The molecule has 0 radical (unpaired) electrons. The Bertz CT molecular complexity index is 993. The van der Waals surface area contributed by atoms with E-state index in [4.69, 9.17) is 12.2 Å². The molecule has 0 atom stereocenters. The van der Waals surface area contributed by atoms with Crippen molar-refractivity contribution in [2.24, 2.45) is 0 Å². The van der Waals surface area contributed by atoms with Crippen molar-refractivity contribution in [2.75, 3.05) is 0 Å². The summed E-state index contributed by atoms with van der Waals surface area (Å²) in [6, 6.07) is 14.9. The summed E-state index contributed by atoms with van der Waals surface area (Å²) in [7, 11) is 0. The number of aryl methyl sites for hydroxylation is 1. The van der Waals surface area contributed by atoms with Gasteiger partial charge in [0.15, 0.2) is 5.82 Å². The Morgan fingerprint density at radius 3 is 2.61 bits per heavy atom. The minimum absolute atomic E-state index is 0.294. The van der Waals surface area contributed by atoms with Crippen LogP contribution in [0.15, 0.2) is 61.2 Å². The fraction of sp³-hybridized carbons (Fsp3) is 0.182. The number of carboxylic acid groups (broad SMARTS) is 1. The molecule has 0 saturated heterocycles. The predicted octanol–water partition coefficient (Wildman–Crippen LogP) is 4.35. The predicted molar refractivity (Wildman–Crippen MR) is 114 cm³/mol. The van der Waals surface area contributed by atoms with Gasteiger partial charge in [-0.15, -0.1) is 6.58 Å². The van der Waals surface area contributed by atoms with E-state index in [1.807, 2.05) is 47.2 Å². The lowest BCUT2D eigenvalue weighted by Crippen LogP contribution is -2.07. The van der Waals surface area contributed by atoms with E-state index < -0.39 is 5.97 Å². The van der Waals surface area contributed by atoms with Gasteiger partial charge in [0.05, 0.1) is 12.1 Å². The van der Waals surface area contributed by atoms with E-state index >= 15 is 0 Å². The highest BCUT2D eigenvalue weighted by atomic mass is 32.1. The Kier molecular flexibility index (Phi) is 6.45. The van der Waals surface area contributed by atoms with Gasteiger partial charge in [-0.05, 0) is 34.5 Å². The molecular weight excluding hydrogens is 370 g/mol. The summed E-state index contributed by atoms with van der Waals surface area (Å²) in [5.74, 6) is 0.702. The van der Waals surface area contributed by atoms with E-state index in [0.717, 1.165) is 35.6 Å². The first-order valence-corrected chi connectivity index (χ1v) is 9.48. The highest BCUT2D eigenvalue weighted by molar-refractivity contribution is 7.78. The molecule has 0 bridgehead atoms. The molecule has 1 heterocycles. The molecule has 0 amide bonds. The topological polar surface area (TPSA) is 68.0 Å². The summed E-state index contributed by atoms with van der Waals surface area (Å²) >= 11 is 4.92. The van der Waals surface area contributed by atoms with Crippen LogP contribution in [0.25, 0.3) is 11.1 Å². The lowest BCUT2D eigenvalue weighted by molar-refractivity contribution is 0.0697. The molecule has 5 nitrogen and oxygen atoms in total. The second kappa shape index (κ2) is 9.19. The number of carbonyl (C=O) groups is 1. The van der Waals surface area contributed by atoms with Gasteiger partial charge < -0.3 is 5.11 Å². The average Bonchev–Trinajstić information content (AvgIpc) is 3.08. The third-order valence-electron chi connectivity index (χ3n) is 4.38. The van der Waals surface area contributed by atoms with E-state index in [2.05, 4.69) is 16.7 Å². The van der Waals surface area contributed by atoms with Gasteiger partial charge in [-0.25, -0.2) is 14.5 Å². The standard InChI is InChI=1S/C22H21N3O2S/c1-2-3-8-21-23-20(13-14-28)24-25(21)15-16-9-11-17(12-10-16)18-6-4-5-7-19(18)22(26)27/h2,4-7,9-12,14H,1,3,8,13,15H2,(H,26,27). The third kappa shape index (κ3) is 4.58. The van der Waals surface area contributed by atoms with Crippen molar-refractivity contribution in [3.63, 3.8) is 0 Å². The summed E-state index contributed by atoms with van der Waals surface area (Å²) in [4.78, 5) is 16.0. The first kappa shape index (κ1) is 19.6. The van der Waals surface area contributed by atoms with E-state index in [1.54, 1.807) is 17.5 Å². The van der Waals surface area contributed by atoms with Gasteiger partial charge >= 0.3 is 5.97 Å². The van der Waals surface area contributed by atoms with Crippen molar-refractivity contribution in [1.29, 1.82) is 0 Å². The molecule has 3 rings (SSSR count). The highest BCUT2D eigenvalue weighted by Crippen LogP contribution is 2.24. The first-order valence-electron chi connectivity index (χ1n) is 9.01. The minimum atomic E-state index is -0.930. The number of allylic oxidation sites excluding steroid dienone is 1. The molecule has 0 aliphatic heterocycles. The molecule has 6 heteroatoms. The molecule has 0 aliphatic rings. The molecule has 3 aromatic rings. The average molecular weight is 391 g/mol. The monoisotopic (exact) mass is 391 g/mol. The molecular formula is C22H21N3O2S. The number of aromatic nitrogens is 3. The minimum Gasteiger partial charge on any atom is -0.478 e. The Morgan fingerprint density at radius 2 is 1.93 bits per heavy atom. The van der Waals surface area contributed by atoms with Crippen LogP contribution in [0.4, 0.5) is 0 Å². The summed E-state index contributed by atoms with van der Waals surface area (Å²) in [5, 5.41) is 15.6. The van der Waals surface area contributed by atoms with Crippen LogP contribution in [0.3, 0.4) is 0 Å². The van der Waals surface area contributed by atoms with Crippen molar-refractivity contribution in [2.45, 2.75) is 25.8 Å². The zero-order chi connectivity index (χ0) is 19.9. The van der Waals surface area contributed by atoms with Crippen LogP contribution in [0.2, 0.25) is 0 Å². The van der Waals surface area contributed by atoms with Crippen LogP contribution >= 0.6 is 12.2 Å². The van der Waals surface area contributed by atoms with Gasteiger partial charge in [0.1, 0.15) is 5.82 Å². The molecule has 28 heavy (non-hydrogen) atoms. The molecule has 0 saturated carbocycles. The lowest BCUT2D eigenvalue weighted by Gasteiger charge is -2.09. The fourth-order valence-corrected chi connectivity index (χ4v) is 3.16. The number of carboxylic acids is 1. The fourth-order valence-electron chi connectivity index (χ4n) is 3.01. The maximum absolute atomic E-state index is 11.4. The molecule has 0 fully saturated rings. The van der Waals surface area contributed by atoms with Crippen LogP contribution in [-0.2, 0) is 19.4 Å². The van der Waals surface area contributed by atoms with E-state index in [1.165, 1.54) is 0 Å². The van der Waals surface area contributed by atoms with Crippen molar-refractivity contribution in [3.8, 4) is 11.1 Å². The Labute approximate surface area is 169 Å². The molecule has 2 aromatic carbocycles. The maximum Gasteiger partial charge on any atom is 0.336 e. The Morgan fingerprint density at radius 1 is 1.18 bits per heavy atom. The highest BCUT2D eigenvalue weighted by Gasteiger charge is 2.12. The summed E-state index contributed by atoms with van der Waals surface area (Å²) < 4.78 is 1.90. The quantitative estimate of drug-likeness (QED) is 0.434. The number of aromatic carboxylic acids is 1. The molecule has 142 valence electrons. The van der Waals surface area contributed by atoms with Gasteiger partial charge in [0, 0.05) is 12.8 Å². The Hall–Kier alpha value is -3.12. The number of rotatable bonds is 9. The van der Waals surface area contributed by atoms with Gasteiger partial charge in [-0.1, -0.05) is 60.8 Å². The van der Waals surface area contributed by atoms with Crippen LogP contribution in [0.1, 0.15) is 34.0 Å². The van der Waals surface area contributed by atoms with Crippen LogP contribution in [0.5, 0.6) is 0 Å². The second-order valence-electron chi connectivity index (χ2n) is 6.35. The molecule has 0 aliphatic carbocycles. The van der Waals surface area contributed by atoms with Crippen molar-refractivity contribution >= 4 is 23.6 Å². The van der Waals surface area contributed by atoms with Gasteiger partial charge in [0.2, 0.25) is 0 Å². The van der Waals surface area contributed by atoms with Crippen molar-refractivity contribution in [1.82, 2.24) is 14.8 Å². The number of thiocarbonyl (C=S) groups is 1. The molecule has 1 aromatic heterocycles. The SMILES string of the molecule is C=CCCc1nc(CC=S)nn1Cc1ccc(-c2ccccc2C(=O)O)cc1. The summed E-state index contributed by atoms with van der Waals surface area (Å²) in [5.41, 5.74) is 2.93. The second-order valence-corrected chi connectivity index (χ2v) is 6.68. The molecule has 1 N–H and O–H groups in total. The molecule has 0 unspecified atom stereocenters. The van der Waals surface area contributed by atoms with Gasteiger partial charge in [-0.3, -0.25) is 0 Å². The normalized spacial score (nSPS) is 10.6. The third-order valence-corrected chi connectivity index (χ3v) is 4.55. The lowest BCUT2D eigenvalue weighted by atomic mass is 9.99. The first-order chi connectivity index (χ1) is 13.6. The Balaban J connectivity index is 1.84. The van der Waals surface area contributed by atoms with Gasteiger partial charge in [0.25, 0.3) is 0 Å². The summed E-state index contributed by atoms with van der Waals surface area (Å²) in [6.07, 6.45) is 4.04. The van der Waals surface area contributed by atoms with Crippen molar-refractivity contribution < 1.29 is 9.90 Å². The number of nitrogens with zero attached hydrogens (tertiary/aromatic N) is 3. The van der Waals surface area contributed by atoms with E-state index in [-0.39, 0.29) is 0 Å². The largest absolute Gasteiger partial charge is 0.478 e. The number of benzene rings is 2. The van der Waals surface area contributed by atoms with Gasteiger partial charge in [-0.2, -0.15) is 5.10 Å². The van der Waals surface area contributed by atoms with Crippen LogP contribution in [-0.4, -0.2) is 31.2 Å². The van der Waals surface area contributed by atoms with Crippen LogP contribution < -0.4 is 0 Å².